The molecule has 0 fully saturated rings. The normalized spacial score (nSPS) is 10.4. The topological polar surface area (TPSA) is 12.9 Å². The van der Waals surface area contributed by atoms with Gasteiger partial charge in [0.2, 0.25) is 0 Å². The summed E-state index contributed by atoms with van der Waals surface area (Å²) in [4.78, 5) is 4.31. The first-order valence-electron chi connectivity index (χ1n) is 4.12. The number of hydrogen-bond acceptors (Lipinski definition) is 3. The quantitative estimate of drug-likeness (QED) is 0.784. The second-order valence-electron chi connectivity index (χ2n) is 2.65. The van der Waals surface area contributed by atoms with E-state index in [1.54, 1.807) is 11.3 Å². The predicted octanol–water partition coefficient (Wildman–Crippen LogP) is 4.20. The Balaban J connectivity index is 2.02. The number of hydrogen-bond donors (Lipinski definition) is 0. The van der Waals surface area contributed by atoms with E-state index in [9.17, 15) is 0 Å². The molecule has 0 aliphatic heterocycles. The Morgan fingerprint density at radius 2 is 2.29 bits per heavy atom. The van der Waals surface area contributed by atoms with Crippen molar-refractivity contribution in [1.29, 1.82) is 0 Å². The lowest BCUT2D eigenvalue weighted by Gasteiger charge is -2.00. The maximum Gasteiger partial charge on any atom is 0.0648 e. The van der Waals surface area contributed by atoms with Crippen molar-refractivity contribution in [2.24, 2.45) is 0 Å². The summed E-state index contributed by atoms with van der Waals surface area (Å²) in [6, 6.07) is 8.16. The molecule has 1 nitrogen and oxygen atoms in total. The minimum Gasteiger partial charge on any atom is -0.259 e. The number of thiophene rings is 1. The Kier molecular flexibility index (Phi) is 3.61. The second-order valence-corrected chi connectivity index (χ2v) is 5.73. The molecule has 0 aromatic carbocycles. The Labute approximate surface area is 99.7 Å². The summed E-state index contributed by atoms with van der Waals surface area (Å²) < 4.78 is 2.42. The van der Waals surface area contributed by atoms with Gasteiger partial charge in [-0.3, -0.25) is 4.98 Å². The fraction of sp³-hybridized carbons (Fsp3) is 0.100. The van der Waals surface area contributed by atoms with E-state index in [0.717, 1.165) is 15.9 Å². The number of aromatic nitrogens is 1. The number of rotatable bonds is 3. The van der Waals surface area contributed by atoms with Gasteiger partial charge in [0.25, 0.3) is 0 Å². The van der Waals surface area contributed by atoms with Crippen LogP contribution < -0.4 is 0 Å². The standard InChI is InChI=1S/C10H8BrNS2/c11-8-3-1-5-12-9(8)7-14-10-4-2-6-13-10/h1-6H,7H2. The molecule has 0 radical (unpaired) electrons. The summed E-state index contributed by atoms with van der Waals surface area (Å²) in [7, 11) is 0. The molecular formula is C10H8BrNS2. The fourth-order valence-corrected chi connectivity index (χ4v) is 3.34. The van der Waals surface area contributed by atoms with Crippen molar-refractivity contribution in [3.05, 3.63) is 46.0 Å². The van der Waals surface area contributed by atoms with Crippen LogP contribution in [-0.2, 0) is 5.75 Å². The van der Waals surface area contributed by atoms with Gasteiger partial charge in [-0.15, -0.1) is 23.1 Å². The summed E-state index contributed by atoms with van der Waals surface area (Å²) in [6.45, 7) is 0. The van der Waals surface area contributed by atoms with Gasteiger partial charge in [0.15, 0.2) is 0 Å². The highest BCUT2D eigenvalue weighted by molar-refractivity contribution is 9.10. The zero-order chi connectivity index (χ0) is 9.80. The Hall–Kier alpha value is -0.320. The number of thioether (sulfide) groups is 1. The molecule has 2 heterocycles. The first kappa shape index (κ1) is 10.2. The Bertz CT molecular complexity index is 400. The first-order chi connectivity index (χ1) is 6.86. The summed E-state index contributed by atoms with van der Waals surface area (Å²) in [5, 5.41) is 2.09. The maximum absolute atomic E-state index is 4.31. The second kappa shape index (κ2) is 4.96. The van der Waals surface area contributed by atoms with Gasteiger partial charge >= 0.3 is 0 Å². The van der Waals surface area contributed by atoms with E-state index >= 15 is 0 Å². The fourth-order valence-electron chi connectivity index (χ4n) is 1.01. The van der Waals surface area contributed by atoms with Crippen LogP contribution in [0.1, 0.15) is 5.69 Å². The lowest BCUT2D eigenvalue weighted by Crippen LogP contribution is -1.86. The monoisotopic (exact) mass is 285 g/mol. The van der Waals surface area contributed by atoms with Crippen molar-refractivity contribution in [2.75, 3.05) is 0 Å². The molecule has 0 aliphatic carbocycles. The van der Waals surface area contributed by atoms with Crippen LogP contribution in [0.3, 0.4) is 0 Å². The van der Waals surface area contributed by atoms with E-state index < -0.39 is 0 Å². The zero-order valence-electron chi connectivity index (χ0n) is 7.31. The van der Waals surface area contributed by atoms with Crippen molar-refractivity contribution in [3.8, 4) is 0 Å². The van der Waals surface area contributed by atoms with Crippen molar-refractivity contribution < 1.29 is 0 Å². The molecule has 14 heavy (non-hydrogen) atoms. The molecule has 0 saturated heterocycles. The molecule has 2 rings (SSSR count). The summed E-state index contributed by atoms with van der Waals surface area (Å²) >= 11 is 7.08. The number of pyridine rings is 1. The van der Waals surface area contributed by atoms with Crippen LogP contribution in [-0.4, -0.2) is 4.98 Å². The molecule has 0 N–H and O–H groups in total. The SMILES string of the molecule is Brc1cccnc1CSc1cccs1. The van der Waals surface area contributed by atoms with E-state index in [0.29, 0.717) is 0 Å². The molecule has 0 bridgehead atoms. The van der Waals surface area contributed by atoms with Crippen LogP contribution in [0.4, 0.5) is 0 Å². The van der Waals surface area contributed by atoms with Gasteiger partial charge in [-0.2, -0.15) is 0 Å². The molecule has 0 aliphatic rings. The van der Waals surface area contributed by atoms with Crippen molar-refractivity contribution in [1.82, 2.24) is 4.98 Å². The summed E-state index contributed by atoms with van der Waals surface area (Å²) in [5.74, 6) is 0.919. The average molecular weight is 286 g/mol. The molecule has 4 heteroatoms. The molecule has 0 amide bonds. The number of halogens is 1. The number of nitrogens with zero attached hydrogens (tertiary/aromatic N) is 1. The zero-order valence-corrected chi connectivity index (χ0v) is 10.5. The average Bonchev–Trinajstić information content (AvgIpc) is 2.69. The minimum absolute atomic E-state index is 0.919. The van der Waals surface area contributed by atoms with Crippen LogP contribution in [0.2, 0.25) is 0 Å². The molecule has 0 spiro atoms. The van der Waals surface area contributed by atoms with Gasteiger partial charge in [0.05, 0.1) is 9.90 Å². The third kappa shape index (κ3) is 2.59. The molecule has 0 saturated carbocycles. The lowest BCUT2D eigenvalue weighted by atomic mass is 10.4. The van der Waals surface area contributed by atoms with Gasteiger partial charge in [-0.05, 0) is 39.5 Å². The van der Waals surface area contributed by atoms with E-state index in [2.05, 4.69) is 38.4 Å². The summed E-state index contributed by atoms with van der Waals surface area (Å²) in [6.07, 6.45) is 1.83. The van der Waals surface area contributed by atoms with Crippen LogP contribution in [0.15, 0.2) is 44.5 Å². The molecular weight excluding hydrogens is 278 g/mol. The van der Waals surface area contributed by atoms with Gasteiger partial charge in [0.1, 0.15) is 0 Å². The van der Waals surface area contributed by atoms with E-state index in [-0.39, 0.29) is 0 Å². The van der Waals surface area contributed by atoms with Gasteiger partial charge < -0.3 is 0 Å². The van der Waals surface area contributed by atoms with Gasteiger partial charge in [-0.25, -0.2) is 0 Å². The van der Waals surface area contributed by atoms with Gasteiger partial charge in [0, 0.05) is 16.4 Å². The molecule has 0 atom stereocenters. The first-order valence-corrected chi connectivity index (χ1v) is 6.78. The smallest absolute Gasteiger partial charge is 0.0648 e. The lowest BCUT2D eigenvalue weighted by molar-refractivity contribution is 1.16. The van der Waals surface area contributed by atoms with Crippen molar-refractivity contribution in [2.45, 2.75) is 9.96 Å². The van der Waals surface area contributed by atoms with Crippen LogP contribution in [0.25, 0.3) is 0 Å². The third-order valence-electron chi connectivity index (χ3n) is 1.68. The highest BCUT2D eigenvalue weighted by Crippen LogP contribution is 2.28. The van der Waals surface area contributed by atoms with Crippen LogP contribution >= 0.6 is 39.0 Å². The third-order valence-corrected chi connectivity index (χ3v) is 4.55. The molecule has 72 valence electrons. The van der Waals surface area contributed by atoms with E-state index in [4.69, 9.17) is 0 Å². The minimum atomic E-state index is 0.919. The van der Waals surface area contributed by atoms with Crippen LogP contribution in [0.5, 0.6) is 0 Å². The predicted molar refractivity (Wildman–Crippen MR) is 65.8 cm³/mol. The maximum atomic E-state index is 4.31. The highest BCUT2D eigenvalue weighted by atomic mass is 79.9. The van der Waals surface area contributed by atoms with Crippen molar-refractivity contribution >= 4 is 39.0 Å². The van der Waals surface area contributed by atoms with E-state index in [1.165, 1.54) is 4.21 Å². The van der Waals surface area contributed by atoms with Crippen LogP contribution in [0, 0.1) is 0 Å². The largest absolute Gasteiger partial charge is 0.259 e. The Morgan fingerprint density at radius 3 is 3.00 bits per heavy atom. The Morgan fingerprint density at radius 1 is 1.36 bits per heavy atom. The van der Waals surface area contributed by atoms with Crippen molar-refractivity contribution in [3.63, 3.8) is 0 Å². The van der Waals surface area contributed by atoms with E-state index in [1.807, 2.05) is 30.1 Å². The molecule has 2 aromatic rings. The summed E-state index contributed by atoms with van der Waals surface area (Å²) in [5.41, 5.74) is 1.10. The molecule has 2 aromatic heterocycles. The van der Waals surface area contributed by atoms with Gasteiger partial charge in [-0.1, -0.05) is 6.07 Å². The highest BCUT2D eigenvalue weighted by Gasteiger charge is 2.01. The molecule has 0 unspecified atom stereocenters.